The van der Waals surface area contributed by atoms with Gasteiger partial charge in [-0.1, -0.05) is 37.3 Å². The highest BCUT2D eigenvalue weighted by Gasteiger charge is 2.38. The summed E-state index contributed by atoms with van der Waals surface area (Å²) in [6.45, 7) is 11.2. The third-order valence-electron chi connectivity index (χ3n) is 5.68. The van der Waals surface area contributed by atoms with E-state index in [9.17, 15) is 5.11 Å². The number of rotatable bonds is 7. The molecule has 1 atom stereocenters. The van der Waals surface area contributed by atoms with Crippen molar-refractivity contribution >= 4 is 29.9 Å². The van der Waals surface area contributed by atoms with Crippen molar-refractivity contribution < 1.29 is 9.84 Å². The predicted octanol–water partition coefficient (Wildman–Crippen LogP) is 2.35. The van der Waals surface area contributed by atoms with Gasteiger partial charge in [0.05, 0.1) is 31.8 Å². The van der Waals surface area contributed by atoms with Crippen molar-refractivity contribution in [1.82, 2.24) is 15.1 Å². The number of aliphatic hydroxyl groups excluding tert-OH is 1. The minimum atomic E-state index is -0.177. The molecule has 1 aromatic carbocycles. The summed E-state index contributed by atoms with van der Waals surface area (Å²) in [5.41, 5.74) is 1.23. The highest BCUT2D eigenvalue weighted by molar-refractivity contribution is 14.0. The molecule has 6 nitrogen and oxygen atoms in total. The number of ether oxygens (including phenoxy) is 1. The quantitative estimate of drug-likeness (QED) is 0.341. The molecule has 0 aromatic heterocycles. The molecule has 1 aromatic rings. The molecule has 158 valence electrons. The van der Waals surface area contributed by atoms with Gasteiger partial charge in [-0.3, -0.25) is 9.89 Å². The van der Waals surface area contributed by atoms with E-state index in [4.69, 9.17) is 9.73 Å². The summed E-state index contributed by atoms with van der Waals surface area (Å²) in [5, 5.41) is 13.1. The second-order valence-electron chi connectivity index (χ2n) is 7.68. The van der Waals surface area contributed by atoms with Gasteiger partial charge in [0.25, 0.3) is 0 Å². The average molecular weight is 502 g/mol. The molecule has 0 amide bonds. The highest BCUT2D eigenvalue weighted by Crippen LogP contribution is 2.27. The van der Waals surface area contributed by atoms with Crippen LogP contribution in [0.15, 0.2) is 35.3 Å². The summed E-state index contributed by atoms with van der Waals surface area (Å²) in [7, 11) is 0. The number of nitrogens with one attached hydrogen (secondary N) is 1. The van der Waals surface area contributed by atoms with Crippen molar-refractivity contribution in [1.29, 1.82) is 0 Å². The van der Waals surface area contributed by atoms with Crippen LogP contribution in [-0.2, 0) is 4.74 Å². The molecular formula is C21H35IN4O2. The minimum absolute atomic E-state index is 0. The van der Waals surface area contributed by atoms with Crippen molar-refractivity contribution in [3.8, 4) is 0 Å². The van der Waals surface area contributed by atoms with Gasteiger partial charge in [-0.25, -0.2) is 0 Å². The highest BCUT2D eigenvalue weighted by atomic mass is 127. The van der Waals surface area contributed by atoms with Crippen LogP contribution in [0.2, 0.25) is 0 Å². The van der Waals surface area contributed by atoms with E-state index >= 15 is 0 Å². The van der Waals surface area contributed by atoms with Gasteiger partial charge in [0, 0.05) is 38.8 Å². The summed E-state index contributed by atoms with van der Waals surface area (Å²) in [5.74, 6) is 0.963. The molecule has 2 fully saturated rings. The third kappa shape index (κ3) is 5.58. The molecule has 2 aliphatic rings. The number of piperazine rings is 1. The van der Waals surface area contributed by atoms with Gasteiger partial charge in [-0.2, -0.15) is 0 Å². The first-order valence-corrected chi connectivity index (χ1v) is 10.2. The van der Waals surface area contributed by atoms with Crippen LogP contribution in [-0.4, -0.2) is 80.0 Å². The molecule has 7 heteroatoms. The van der Waals surface area contributed by atoms with E-state index in [0.717, 1.165) is 45.1 Å². The number of hydrogen-bond acceptors (Lipinski definition) is 4. The Bertz CT molecular complexity index is 596. The van der Waals surface area contributed by atoms with Gasteiger partial charge in [-0.15, -0.1) is 24.0 Å². The fraction of sp³-hybridized carbons (Fsp3) is 0.667. The standard InChI is InChI=1S/C21H34N4O2.HI/c1-3-19(18-8-6-5-7-9-18)24-10-12-25(13-11-24)20(22-4-2)23-14-21(15-26)16-27-17-21;/h5-9,19,26H,3-4,10-17H2,1-2H3,(H,22,23);1H. The van der Waals surface area contributed by atoms with Crippen LogP contribution >= 0.6 is 24.0 Å². The number of nitrogens with zero attached hydrogens (tertiary/aromatic N) is 3. The maximum absolute atomic E-state index is 9.63. The van der Waals surface area contributed by atoms with Crippen LogP contribution < -0.4 is 5.32 Å². The summed E-state index contributed by atoms with van der Waals surface area (Å²) in [6.07, 6.45) is 1.12. The molecular weight excluding hydrogens is 467 g/mol. The lowest BCUT2D eigenvalue weighted by atomic mass is 9.87. The molecule has 0 saturated carbocycles. The van der Waals surface area contributed by atoms with E-state index < -0.39 is 0 Å². The Morgan fingerprint density at radius 1 is 1.18 bits per heavy atom. The lowest BCUT2D eigenvalue weighted by molar-refractivity contribution is -0.130. The van der Waals surface area contributed by atoms with Gasteiger partial charge < -0.3 is 20.1 Å². The predicted molar refractivity (Wildman–Crippen MR) is 124 cm³/mol. The zero-order valence-electron chi connectivity index (χ0n) is 17.1. The van der Waals surface area contributed by atoms with Crippen molar-refractivity contribution in [2.45, 2.75) is 26.3 Å². The molecule has 0 aliphatic carbocycles. The molecule has 2 saturated heterocycles. The van der Waals surface area contributed by atoms with Crippen LogP contribution in [0.3, 0.4) is 0 Å². The molecule has 1 unspecified atom stereocenters. The van der Waals surface area contributed by atoms with Gasteiger partial charge in [0.1, 0.15) is 0 Å². The Balaban J connectivity index is 0.00000280. The van der Waals surface area contributed by atoms with Gasteiger partial charge in [0.2, 0.25) is 0 Å². The molecule has 28 heavy (non-hydrogen) atoms. The van der Waals surface area contributed by atoms with E-state index in [1.807, 2.05) is 0 Å². The van der Waals surface area contributed by atoms with E-state index in [0.29, 0.717) is 25.8 Å². The second kappa shape index (κ2) is 11.3. The molecule has 3 rings (SSSR count). The van der Waals surface area contributed by atoms with Crippen LogP contribution in [0, 0.1) is 5.41 Å². The van der Waals surface area contributed by atoms with Gasteiger partial charge >= 0.3 is 0 Å². The zero-order chi connectivity index (χ0) is 19.1. The Labute approximate surface area is 186 Å². The molecule has 0 radical (unpaired) electrons. The first-order chi connectivity index (χ1) is 13.2. The van der Waals surface area contributed by atoms with Crippen molar-refractivity contribution in [2.24, 2.45) is 10.4 Å². The number of aliphatic hydroxyl groups is 1. The Hall–Kier alpha value is -0.900. The molecule has 0 spiro atoms. The summed E-state index contributed by atoms with van der Waals surface area (Å²) < 4.78 is 5.29. The molecule has 2 heterocycles. The summed E-state index contributed by atoms with van der Waals surface area (Å²) in [6, 6.07) is 11.3. The fourth-order valence-corrected chi connectivity index (χ4v) is 3.92. The second-order valence-corrected chi connectivity index (χ2v) is 7.68. The number of guanidine groups is 1. The summed E-state index contributed by atoms with van der Waals surface area (Å²) in [4.78, 5) is 9.76. The van der Waals surface area contributed by atoms with E-state index in [2.05, 4.69) is 59.3 Å². The third-order valence-corrected chi connectivity index (χ3v) is 5.68. The van der Waals surface area contributed by atoms with Gasteiger partial charge in [-0.05, 0) is 18.9 Å². The van der Waals surface area contributed by atoms with E-state index in [1.54, 1.807) is 0 Å². The first-order valence-electron chi connectivity index (χ1n) is 10.2. The average Bonchev–Trinajstić information content (AvgIpc) is 2.69. The maximum Gasteiger partial charge on any atom is 0.194 e. The number of aliphatic imine (C=N–C) groups is 1. The number of hydrogen-bond donors (Lipinski definition) is 2. The molecule has 0 bridgehead atoms. The number of halogens is 1. The lowest BCUT2D eigenvalue weighted by Crippen LogP contribution is -2.54. The topological polar surface area (TPSA) is 60.3 Å². The number of benzene rings is 1. The minimum Gasteiger partial charge on any atom is -0.396 e. The van der Waals surface area contributed by atoms with Crippen molar-refractivity contribution in [3.05, 3.63) is 35.9 Å². The van der Waals surface area contributed by atoms with Crippen LogP contribution in [0.5, 0.6) is 0 Å². The molecule has 2 aliphatic heterocycles. The zero-order valence-corrected chi connectivity index (χ0v) is 19.5. The smallest absolute Gasteiger partial charge is 0.194 e. The van der Waals surface area contributed by atoms with E-state index in [1.165, 1.54) is 5.56 Å². The van der Waals surface area contributed by atoms with E-state index in [-0.39, 0.29) is 36.0 Å². The first kappa shape index (κ1) is 23.4. The SMILES string of the molecule is CCNC(=NCC1(CO)COC1)N1CCN(C(CC)c2ccccc2)CC1.I. The lowest BCUT2D eigenvalue weighted by Gasteiger charge is -2.41. The normalized spacial score (nSPS) is 20.8. The maximum atomic E-state index is 9.63. The van der Waals surface area contributed by atoms with Gasteiger partial charge in [0.15, 0.2) is 5.96 Å². The van der Waals surface area contributed by atoms with Crippen molar-refractivity contribution in [3.63, 3.8) is 0 Å². The van der Waals surface area contributed by atoms with Crippen molar-refractivity contribution in [2.75, 3.05) is 59.1 Å². The van der Waals surface area contributed by atoms with Crippen LogP contribution in [0.4, 0.5) is 0 Å². The largest absolute Gasteiger partial charge is 0.396 e. The fourth-order valence-electron chi connectivity index (χ4n) is 3.92. The summed E-state index contributed by atoms with van der Waals surface area (Å²) >= 11 is 0. The Kier molecular flexibility index (Phi) is 9.46. The molecule has 2 N–H and O–H groups in total. The monoisotopic (exact) mass is 502 g/mol. The van der Waals surface area contributed by atoms with Crippen LogP contribution in [0.1, 0.15) is 31.9 Å². The Morgan fingerprint density at radius 2 is 1.86 bits per heavy atom. The Morgan fingerprint density at radius 3 is 2.36 bits per heavy atom. The van der Waals surface area contributed by atoms with Crippen LogP contribution in [0.25, 0.3) is 0 Å².